The van der Waals surface area contributed by atoms with E-state index in [4.69, 9.17) is 10.2 Å². The minimum Gasteiger partial charge on any atom is -0.478 e. The van der Waals surface area contributed by atoms with Gasteiger partial charge < -0.3 is 15.5 Å². The third-order valence-corrected chi connectivity index (χ3v) is 5.74. The third-order valence-electron chi connectivity index (χ3n) is 4.36. The highest BCUT2D eigenvalue weighted by Gasteiger charge is 2.23. The van der Waals surface area contributed by atoms with E-state index in [2.05, 4.69) is 15.0 Å². The number of aromatic carboxylic acids is 2. The molecule has 0 amide bonds. The molecular formula is C20H16N4O8S. The number of carboxylic acid groups (broad SMARTS) is 2. The first-order valence-corrected chi connectivity index (χ1v) is 10.6. The van der Waals surface area contributed by atoms with Crippen molar-refractivity contribution in [2.45, 2.75) is 11.4 Å². The number of pyridine rings is 1. The zero-order valence-electron chi connectivity index (χ0n) is 16.6. The van der Waals surface area contributed by atoms with Gasteiger partial charge in [-0.1, -0.05) is 6.07 Å². The normalized spacial score (nSPS) is 10.9. The Labute approximate surface area is 186 Å². The van der Waals surface area contributed by atoms with E-state index in [9.17, 15) is 28.1 Å². The number of hydrogen-bond donors (Lipinski definition) is 4. The lowest BCUT2D eigenvalue weighted by Crippen LogP contribution is -2.15. The van der Waals surface area contributed by atoms with Crippen LogP contribution < -0.4 is 10.0 Å². The highest BCUT2D eigenvalue weighted by molar-refractivity contribution is 7.92. The maximum atomic E-state index is 12.8. The molecule has 2 aromatic carbocycles. The number of benzene rings is 2. The van der Waals surface area contributed by atoms with Crippen molar-refractivity contribution in [2.75, 3.05) is 10.0 Å². The van der Waals surface area contributed by atoms with E-state index >= 15 is 0 Å². The van der Waals surface area contributed by atoms with Crippen molar-refractivity contribution in [3.05, 3.63) is 87.7 Å². The fraction of sp³-hybridized carbons (Fsp3) is 0.0500. The van der Waals surface area contributed by atoms with E-state index < -0.39 is 48.6 Å². The van der Waals surface area contributed by atoms with Crippen LogP contribution in [-0.2, 0) is 16.6 Å². The first-order valence-electron chi connectivity index (χ1n) is 9.12. The Hall–Kier alpha value is -4.52. The molecular weight excluding hydrogens is 456 g/mol. The number of rotatable bonds is 9. The Morgan fingerprint density at radius 3 is 2.24 bits per heavy atom. The predicted molar refractivity (Wildman–Crippen MR) is 116 cm³/mol. The molecule has 0 spiro atoms. The smallest absolute Gasteiger partial charge is 0.335 e. The lowest BCUT2D eigenvalue weighted by atomic mass is 10.1. The summed E-state index contributed by atoms with van der Waals surface area (Å²) in [4.78, 5) is 36.7. The molecule has 0 saturated carbocycles. The van der Waals surface area contributed by atoms with Crippen LogP contribution in [0.3, 0.4) is 0 Å². The topological polar surface area (TPSA) is 189 Å². The van der Waals surface area contributed by atoms with Crippen LogP contribution in [0.4, 0.5) is 17.1 Å². The van der Waals surface area contributed by atoms with Gasteiger partial charge in [0.25, 0.3) is 15.7 Å². The summed E-state index contributed by atoms with van der Waals surface area (Å²) in [7, 11) is -4.42. The maximum absolute atomic E-state index is 12.8. The SMILES string of the molecule is O=C(O)c1cc(NS(=O)(=O)c2ccc(NCc3cccnc3)c([N+](=O)[O-])c2)cc(C(=O)O)c1. The Kier molecular flexibility index (Phi) is 6.53. The largest absolute Gasteiger partial charge is 0.478 e. The van der Waals surface area contributed by atoms with Crippen molar-refractivity contribution in [3.63, 3.8) is 0 Å². The number of anilines is 2. The summed E-state index contributed by atoms with van der Waals surface area (Å²) in [6, 6.07) is 9.38. The van der Waals surface area contributed by atoms with Crippen LogP contribution in [0.25, 0.3) is 0 Å². The summed E-state index contributed by atoms with van der Waals surface area (Å²) in [6.45, 7) is 0.207. The summed E-state index contributed by atoms with van der Waals surface area (Å²) in [5.74, 6) is -2.92. The highest BCUT2D eigenvalue weighted by atomic mass is 32.2. The minimum atomic E-state index is -4.42. The Balaban J connectivity index is 1.92. The van der Waals surface area contributed by atoms with Crippen molar-refractivity contribution >= 4 is 39.0 Å². The standard InChI is InChI=1S/C20H16N4O8S/c25-19(26)13-6-14(20(27)28)8-15(7-13)23-33(31,32)16-3-4-17(18(9-16)24(29)30)22-11-12-2-1-5-21-10-12/h1-10,22-23H,11H2,(H,25,26)(H,27,28). The van der Waals surface area contributed by atoms with Gasteiger partial charge in [-0.2, -0.15) is 0 Å². The number of hydrogen-bond acceptors (Lipinski definition) is 8. The van der Waals surface area contributed by atoms with Gasteiger partial charge in [-0.25, -0.2) is 18.0 Å². The molecule has 1 aromatic heterocycles. The van der Waals surface area contributed by atoms with Gasteiger partial charge in [0.05, 0.1) is 26.6 Å². The second-order valence-electron chi connectivity index (χ2n) is 6.67. The average molecular weight is 472 g/mol. The predicted octanol–water partition coefficient (Wildman–Crippen LogP) is 2.80. The number of nitro benzene ring substituents is 1. The molecule has 0 aliphatic rings. The molecule has 0 bridgehead atoms. The second-order valence-corrected chi connectivity index (χ2v) is 8.35. The van der Waals surface area contributed by atoms with Crippen LogP contribution >= 0.6 is 0 Å². The van der Waals surface area contributed by atoms with Gasteiger partial charge in [0, 0.05) is 25.0 Å². The fourth-order valence-corrected chi connectivity index (χ4v) is 3.89. The van der Waals surface area contributed by atoms with Gasteiger partial charge in [-0.3, -0.25) is 19.8 Å². The number of nitrogens with zero attached hydrogens (tertiary/aromatic N) is 2. The quantitative estimate of drug-likeness (QED) is 0.266. The van der Waals surface area contributed by atoms with Crippen molar-refractivity contribution in [3.8, 4) is 0 Å². The van der Waals surface area contributed by atoms with Crippen LogP contribution in [0, 0.1) is 10.1 Å². The number of carbonyl (C=O) groups is 2. The van der Waals surface area contributed by atoms with Crippen LogP contribution in [0.2, 0.25) is 0 Å². The van der Waals surface area contributed by atoms with Crippen molar-refractivity contribution < 1.29 is 33.1 Å². The summed E-state index contributed by atoms with van der Waals surface area (Å²) >= 11 is 0. The van der Waals surface area contributed by atoms with Crippen LogP contribution in [0.1, 0.15) is 26.3 Å². The zero-order valence-corrected chi connectivity index (χ0v) is 17.4. The number of aromatic nitrogens is 1. The Bertz CT molecular complexity index is 1310. The second kappa shape index (κ2) is 9.32. The van der Waals surface area contributed by atoms with E-state index in [-0.39, 0.29) is 17.9 Å². The minimum absolute atomic E-state index is 0.0730. The molecule has 3 aromatic rings. The summed E-state index contributed by atoms with van der Waals surface area (Å²) < 4.78 is 27.6. The highest BCUT2D eigenvalue weighted by Crippen LogP contribution is 2.29. The van der Waals surface area contributed by atoms with Crippen molar-refractivity contribution in [2.24, 2.45) is 0 Å². The van der Waals surface area contributed by atoms with Gasteiger partial charge in [-0.05, 0) is 42.0 Å². The van der Waals surface area contributed by atoms with Gasteiger partial charge in [0.15, 0.2) is 0 Å². The van der Waals surface area contributed by atoms with Crippen LogP contribution in [0.5, 0.6) is 0 Å². The Morgan fingerprint density at radius 2 is 1.70 bits per heavy atom. The summed E-state index contributed by atoms with van der Waals surface area (Å²) in [5.41, 5.74) is -0.912. The lowest BCUT2D eigenvalue weighted by molar-refractivity contribution is -0.384. The molecule has 0 radical (unpaired) electrons. The number of carboxylic acids is 2. The van der Waals surface area contributed by atoms with E-state index in [1.165, 1.54) is 6.07 Å². The molecule has 12 nitrogen and oxygen atoms in total. The number of sulfonamides is 1. The van der Waals surface area contributed by atoms with Crippen LogP contribution in [0.15, 0.2) is 65.8 Å². The van der Waals surface area contributed by atoms with Gasteiger partial charge in [0.2, 0.25) is 0 Å². The molecule has 0 unspecified atom stereocenters. The molecule has 1 heterocycles. The van der Waals surface area contributed by atoms with Crippen molar-refractivity contribution in [1.29, 1.82) is 0 Å². The first-order chi connectivity index (χ1) is 15.6. The van der Waals surface area contributed by atoms with E-state index in [0.717, 1.165) is 35.9 Å². The van der Waals surface area contributed by atoms with Gasteiger partial charge in [-0.15, -0.1) is 0 Å². The van der Waals surface area contributed by atoms with Gasteiger partial charge >= 0.3 is 11.9 Å². The average Bonchev–Trinajstić information content (AvgIpc) is 2.77. The lowest BCUT2D eigenvalue weighted by Gasteiger charge is -2.12. The maximum Gasteiger partial charge on any atom is 0.335 e. The molecule has 0 saturated heterocycles. The molecule has 0 aliphatic heterocycles. The van der Waals surface area contributed by atoms with E-state index in [1.54, 1.807) is 24.5 Å². The number of nitro groups is 1. The monoisotopic (exact) mass is 472 g/mol. The molecule has 3 rings (SSSR count). The van der Waals surface area contributed by atoms with E-state index in [1.807, 2.05) is 0 Å². The Morgan fingerprint density at radius 1 is 1.03 bits per heavy atom. The van der Waals surface area contributed by atoms with Gasteiger partial charge in [0.1, 0.15) is 5.69 Å². The van der Waals surface area contributed by atoms with Crippen molar-refractivity contribution in [1.82, 2.24) is 4.98 Å². The summed E-state index contributed by atoms with van der Waals surface area (Å²) in [6.07, 6.45) is 3.14. The van der Waals surface area contributed by atoms with E-state index in [0.29, 0.717) is 0 Å². The molecule has 170 valence electrons. The third kappa shape index (κ3) is 5.59. The van der Waals surface area contributed by atoms with Crippen LogP contribution in [-0.4, -0.2) is 40.5 Å². The molecule has 0 atom stereocenters. The molecule has 4 N–H and O–H groups in total. The number of nitrogens with one attached hydrogen (secondary N) is 2. The first kappa shape index (κ1) is 23.1. The summed E-state index contributed by atoms with van der Waals surface area (Å²) in [5, 5.41) is 32.6. The fourth-order valence-electron chi connectivity index (χ4n) is 2.83. The molecule has 0 fully saturated rings. The molecule has 33 heavy (non-hydrogen) atoms. The molecule has 13 heteroatoms. The zero-order chi connectivity index (χ0) is 24.2. The molecule has 0 aliphatic carbocycles.